The van der Waals surface area contributed by atoms with Crippen LogP contribution in [-0.4, -0.2) is 57.3 Å². The lowest BCUT2D eigenvalue weighted by Crippen LogP contribution is -2.40. The van der Waals surface area contributed by atoms with Gasteiger partial charge in [-0.25, -0.2) is 4.98 Å². The van der Waals surface area contributed by atoms with E-state index >= 15 is 0 Å². The summed E-state index contributed by atoms with van der Waals surface area (Å²) < 4.78 is 7.35. The molecule has 1 aromatic carbocycles. The Morgan fingerprint density at radius 2 is 1.74 bits per heavy atom. The zero-order valence-corrected chi connectivity index (χ0v) is 18.5. The average molecular weight is 423 g/mol. The summed E-state index contributed by atoms with van der Waals surface area (Å²) in [6.07, 6.45) is 3.07. The van der Waals surface area contributed by atoms with Gasteiger partial charge in [0, 0.05) is 32.6 Å². The molecule has 3 aromatic rings. The molecule has 0 spiro atoms. The molecule has 0 saturated carbocycles. The third-order valence-electron chi connectivity index (χ3n) is 5.83. The Morgan fingerprint density at radius 1 is 1.00 bits per heavy atom. The van der Waals surface area contributed by atoms with Crippen molar-refractivity contribution in [1.29, 1.82) is 0 Å². The van der Waals surface area contributed by atoms with E-state index in [-0.39, 0.29) is 17.9 Å². The van der Waals surface area contributed by atoms with Crippen LogP contribution in [-0.2, 0) is 11.2 Å². The summed E-state index contributed by atoms with van der Waals surface area (Å²) in [5.74, 6) is 1.68. The number of fused-ring (bicyclic) bond motifs is 1. The van der Waals surface area contributed by atoms with Gasteiger partial charge in [0.15, 0.2) is 5.76 Å². The van der Waals surface area contributed by atoms with Crippen LogP contribution in [0.3, 0.4) is 0 Å². The molecule has 31 heavy (non-hydrogen) atoms. The molecule has 2 aromatic heterocycles. The van der Waals surface area contributed by atoms with Crippen LogP contribution in [0.2, 0.25) is 0 Å². The van der Waals surface area contributed by atoms with Gasteiger partial charge in [-0.3, -0.25) is 9.59 Å². The van der Waals surface area contributed by atoms with Gasteiger partial charge >= 0.3 is 0 Å². The fourth-order valence-corrected chi connectivity index (χ4v) is 4.31. The number of para-hydroxylation sites is 2. The fourth-order valence-electron chi connectivity index (χ4n) is 4.31. The molecule has 1 atom stereocenters. The monoisotopic (exact) mass is 422 g/mol. The quantitative estimate of drug-likeness (QED) is 0.628. The minimum Gasteiger partial charge on any atom is -0.459 e. The van der Waals surface area contributed by atoms with Crippen molar-refractivity contribution in [2.45, 2.75) is 39.7 Å². The zero-order valence-electron chi connectivity index (χ0n) is 18.5. The predicted octanol–water partition coefficient (Wildman–Crippen LogP) is 3.76. The molecule has 2 amide bonds. The molecule has 1 aliphatic rings. The van der Waals surface area contributed by atoms with E-state index in [9.17, 15) is 9.59 Å². The van der Waals surface area contributed by atoms with E-state index in [0.717, 1.165) is 29.7 Å². The Bertz CT molecular complexity index is 1050. The van der Waals surface area contributed by atoms with Crippen LogP contribution < -0.4 is 0 Å². The highest BCUT2D eigenvalue weighted by molar-refractivity contribution is 5.91. The number of imidazole rings is 1. The topological polar surface area (TPSA) is 71.6 Å². The van der Waals surface area contributed by atoms with Gasteiger partial charge in [0.2, 0.25) is 5.91 Å². The molecule has 7 nitrogen and oxygen atoms in total. The lowest BCUT2D eigenvalue weighted by molar-refractivity contribution is -0.134. The van der Waals surface area contributed by atoms with Crippen LogP contribution in [0.5, 0.6) is 0 Å². The number of amides is 2. The molecule has 1 fully saturated rings. The summed E-state index contributed by atoms with van der Waals surface area (Å²) in [5, 5.41) is 0. The van der Waals surface area contributed by atoms with Gasteiger partial charge in [-0.1, -0.05) is 26.0 Å². The van der Waals surface area contributed by atoms with Crippen molar-refractivity contribution < 1.29 is 14.0 Å². The zero-order chi connectivity index (χ0) is 22.0. The van der Waals surface area contributed by atoms with E-state index in [2.05, 4.69) is 18.4 Å². The van der Waals surface area contributed by atoms with Crippen LogP contribution in [0.15, 0.2) is 47.1 Å². The lowest BCUT2D eigenvalue weighted by atomic mass is 10.1. The summed E-state index contributed by atoms with van der Waals surface area (Å²) in [6.45, 7) is 8.55. The normalized spacial score (nSPS) is 16.0. The maximum atomic E-state index is 13.5. The van der Waals surface area contributed by atoms with E-state index in [1.807, 2.05) is 36.1 Å². The highest BCUT2D eigenvalue weighted by Crippen LogP contribution is 2.25. The highest BCUT2D eigenvalue weighted by Gasteiger charge is 2.29. The Hall–Kier alpha value is -3.09. The predicted molar refractivity (Wildman–Crippen MR) is 119 cm³/mol. The SMILES string of the molecule is CC(C)Cc1nc2ccccc2n1C(C)C(=O)N1CCCN(C(=O)c2ccco2)CC1. The van der Waals surface area contributed by atoms with Crippen molar-refractivity contribution in [2.24, 2.45) is 5.92 Å². The Morgan fingerprint density at radius 3 is 2.48 bits per heavy atom. The minimum atomic E-state index is -0.353. The Labute approximate surface area is 182 Å². The third kappa shape index (κ3) is 4.36. The number of nitrogens with zero attached hydrogens (tertiary/aromatic N) is 4. The molecule has 1 aliphatic heterocycles. The van der Waals surface area contributed by atoms with E-state index in [1.165, 1.54) is 6.26 Å². The van der Waals surface area contributed by atoms with Crippen LogP contribution in [0, 0.1) is 5.92 Å². The molecule has 7 heteroatoms. The maximum absolute atomic E-state index is 13.5. The molecule has 4 rings (SSSR count). The summed E-state index contributed by atoms with van der Waals surface area (Å²) in [4.78, 5) is 34.6. The summed E-state index contributed by atoms with van der Waals surface area (Å²) >= 11 is 0. The number of aromatic nitrogens is 2. The molecule has 0 radical (unpaired) electrons. The van der Waals surface area contributed by atoms with Gasteiger partial charge in [0.25, 0.3) is 5.91 Å². The number of hydrogen-bond donors (Lipinski definition) is 0. The molecule has 164 valence electrons. The van der Waals surface area contributed by atoms with Gasteiger partial charge in [0.05, 0.1) is 17.3 Å². The van der Waals surface area contributed by atoms with Crippen molar-refractivity contribution >= 4 is 22.8 Å². The second-order valence-corrected chi connectivity index (χ2v) is 8.61. The molecule has 0 bridgehead atoms. The number of carbonyl (C=O) groups excluding carboxylic acids is 2. The van der Waals surface area contributed by atoms with Gasteiger partial charge in [-0.15, -0.1) is 0 Å². The van der Waals surface area contributed by atoms with Crippen molar-refractivity contribution in [3.05, 3.63) is 54.2 Å². The number of furan rings is 1. The standard InChI is InChI=1S/C24H30N4O3/c1-17(2)16-22-25-19-8-4-5-9-20(19)28(22)18(3)23(29)26-11-7-12-27(14-13-26)24(30)21-10-6-15-31-21/h4-6,8-10,15,17-18H,7,11-14,16H2,1-3H3. The van der Waals surface area contributed by atoms with Crippen molar-refractivity contribution in [2.75, 3.05) is 26.2 Å². The van der Waals surface area contributed by atoms with E-state index in [0.29, 0.717) is 37.9 Å². The number of benzene rings is 1. The first-order chi connectivity index (χ1) is 15.0. The Kier molecular flexibility index (Phi) is 6.11. The fraction of sp³-hybridized carbons (Fsp3) is 0.458. The lowest BCUT2D eigenvalue weighted by Gasteiger charge is -2.26. The number of rotatable bonds is 5. The molecule has 3 heterocycles. The first kappa shape index (κ1) is 21.2. The second kappa shape index (κ2) is 8.96. The van der Waals surface area contributed by atoms with Gasteiger partial charge in [-0.05, 0) is 43.5 Å². The maximum Gasteiger partial charge on any atom is 0.289 e. The van der Waals surface area contributed by atoms with E-state index in [1.54, 1.807) is 17.0 Å². The molecule has 1 unspecified atom stereocenters. The smallest absolute Gasteiger partial charge is 0.289 e. The van der Waals surface area contributed by atoms with Crippen molar-refractivity contribution in [1.82, 2.24) is 19.4 Å². The van der Waals surface area contributed by atoms with Gasteiger partial charge in [-0.2, -0.15) is 0 Å². The number of hydrogen-bond acceptors (Lipinski definition) is 4. The summed E-state index contributed by atoms with van der Waals surface area (Å²) in [5.41, 5.74) is 1.91. The highest BCUT2D eigenvalue weighted by atomic mass is 16.3. The van der Waals surface area contributed by atoms with Gasteiger partial charge < -0.3 is 18.8 Å². The van der Waals surface area contributed by atoms with Crippen LogP contribution in [0.25, 0.3) is 11.0 Å². The van der Waals surface area contributed by atoms with Gasteiger partial charge in [0.1, 0.15) is 11.9 Å². The van der Waals surface area contributed by atoms with Crippen molar-refractivity contribution in [3.63, 3.8) is 0 Å². The first-order valence-electron chi connectivity index (χ1n) is 11.0. The minimum absolute atomic E-state index is 0.0699. The van der Waals surface area contributed by atoms with Crippen LogP contribution >= 0.6 is 0 Å². The largest absolute Gasteiger partial charge is 0.459 e. The van der Waals surface area contributed by atoms with Crippen LogP contribution in [0.4, 0.5) is 0 Å². The second-order valence-electron chi connectivity index (χ2n) is 8.61. The third-order valence-corrected chi connectivity index (χ3v) is 5.83. The molecular formula is C24H30N4O3. The Balaban J connectivity index is 1.53. The van der Waals surface area contributed by atoms with E-state index in [4.69, 9.17) is 9.40 Å². The summed E-state index contributed by atoms with van der Waals surface area (Å²) in [6, 6.07) is 11.0. The number of carbonyl (C=O) groups is 2. The average Bonchev–Trinajstić information content (AvgIpc) is 3.33. The molecule has 0 aliphatic carbocycles. The summed E-state index contributed by atoms with van der Waals surface area (Å²) in [7, 11) is 0. The molecule has 1 saturated heterocycles. The van der Waals surface area contributed by atoms with E-state index < -0.39 is 0 Å². The first-order valence-corrected chi connectivity index (χ1v) is 11.0. The van der Waals surface area contributed by atoms with Crippen molar-refractivity contribution in [3.8, 4) is 0 Å². The molecule has 0 N–H and O–H groups in total. The van der Waals surface area contributed by atoms with Crippen LogP contribution in [0.1, 0.15) is 49.6 Å². The molecular weight excluding hydrogens is 392 g/mol.